The smallest absolute Gasteiger partial charge is 0.267 e. The number of benzene rings is 2. The fraction of sp³-hybridized carbons (Fsp3) is 0.400. The molecule has 1 fully saturated rings. The Bertz CT molecular complexity index is 1160. The van der Waals surface area contributed by atoms with Crippen molar-refractivity contribution >= 4 is 33.4 Å². The van der Waals surface area contributed by atoms with Crippen LogP contribution in [0.5, 0.6) is 11.5 Å². The number of piperazine rings is 1. The van der Waals surface area contributed by atoms with E-state index in [1.807, 2.05) is 56.4 Å². The van der Waals surface area contributed by atoms with Gasteiger partial charge >= 0.3 is 0 Å². The zero-order valence-electron chi connectivity index (χ0n) is 19.3. The molecule has 2 amide bonds. The van der Waals surface area contributed by atoms with Crippen molar-refractivity contribution in [2.45, 2.75) is 19.1 Å². The van der Waals surface area contributed by atoms with Crippen LogP contribution in [0.1, 0.15) is 18.0 Å². The first-order valence-corrected chi connectivity index (χ1v) is 12.3. The maximum atomic E-state index is 13.0. The number of amides is 2. The summed E-state index contributed by atoms with van der Waals surface area (Å²) in [5.41, 5.74) is 0.965. The number of thiazole rings is 1. The summed E-state index contributed by atoms with van der Waals surface area (Å²) in [5, 5.41) is 0.934. The molecular formula is C25H28N4O4S. The second kappa shape index (κ2) is 9.60. The molecule has 2 aromatic carbocycles. The highest BCUT2D eigenvalue weighted by atomic mass is 32.1. The summed E-state index contributed by atoms with van der Waals surface area (Å²) in [6.07, 6.45) is -0.635. The molecule has 0 radical (unpaired) electrons. The number of aromatic nitrogens is 1. The van der Waals surface area contributed by atoms with Gasteiger partial charge in [-0.3, -0.25) is 14.5 Å². The molecule has 0 unspecified atom stereocenters. The predicted octanol–water partition coefficient (Wildman–Crippen LogP) is 2.80. The Hall–Kier alpha value is -3.17. The van der Waals surface area contributed by atoms with Crippen LogP contribution in [0.4, 0.5) is 0 Å². The third kappa shape index (κ3) is 4.58. The maximum absolute atomic E-state index is 13.0. The van der Waals surface area contributed by atoms with Gasteiger partial charge in [-0.15, -0.1) is 11.3 Å². The lowest BCUT2D eigenvalue weighted by Gasteiger charge is -2.37. The lowest BCUT2D eigenvalue weighted by molar-refractivity contribution is -0.143. The van der Waals surface area contributed by atoms with E-state index in [4.69, 9.17) is 14.5 Å². The number of carbonyl (C=O) groups excluding carboxylic acids is 2. The maximum Gasteiger partial charge on any atom is 0.267 e. The van der Waals surface area contributed by atoms with Gasteiger partial charge in [0, 0.05) is 33.2 Å². The van der Waals surface area contributed by atoms with Crippen molar-refractivity contribution in [3.63, 3.8) is 0 Å². The van der Waals surface area contributed by atoms with Gasteiger partial charge in [0.25, 0.3) is 5.91 Å². The summed E-state index contributed by atoms with van der Waals surface area (Å²) in [6, 6.07) is 15.3. The second-order valence-electron chi connectivity index (χ2n) is 8.67. The molecule has 2 atom stereocenters. The van der Waals surface area contributed by atoms with Gasteiger partial charge in [0.15, 0.2) is 11.5 Å². The van der Waals surface area contributed by atoms with Crippen molar-refractivity contribution in [3.8, 4) is 11.5 Å². The molecule has 3 aromatic rings. The monoisotopic (exact) mass is 480 g/mol. The third-order valence-electron chi connectivity index (χ3n) is 6.47. The van der Waals surface area contributed by atoms with Gasteiger partial charge in [-0.05, 0) is 31.2 Å². The van der Waals surface area contributed by atoms with Crippen LogP contribution in [0.25, 0.3) is 10.2 Å². The summed E-state index contributed by atoms with van der Waals surface area (Å²) >= 11 is 1.63. The molecule has 34 heavy (non-hydrogen) atoms. The molecule has 178 valence electrons. The van der Waals surface area contributed by atoms with Gasteiger partial charge < -0.3 is 19.3 Å². The Morgan fingerprint density at radius 3 is 2.56 bits per heavy atom. The van der Waals surface area contributed by atoms with E-state index in [9.17, 15) is 9.59 Å². The van der Waals surface area contributed by atoms with Crippen LogP contribution in [0, 0.1) is 0 Å². The highest BCUT2D eigenvalue weighted by Gasteiger charge is 2.33. The predicted molar refractivity (Wildman–Crippen MR) is 130 cm³/mol. The average molecular weight is 481 g/mol. The quantitative estimate of drug-likeness (QED) is 0.559. The Morgan fingerprint density at radius 2 is 1.79 bits per heavy atom. The number of nitrogens with zero attached hydrogens (tertiary/aromatic N) is 4. The van der Waals surface area contributed by atoms with Crippen LogP contribution < -0.4 is 9.47 Å². The minimum Gasteiger partial charge on any atom is -0.485 e. The Balaban J connectivity index is 1.12. The highest BCUT2D eigenvalue weighted by Crippen LogP contribution is 2.31. The number of ether oxygens (including phenoxy) is 2. The summed E-state index contributed by atoms with van der Waals surface area (Å²) in [6.45, 7) is 4.95. The van der Waals surface area contributed by atoms with E-state index in [0.29, 0.717) is 44.2 Å². The molecule has 0 bridgehead atoms. The van der Waals surface area contributed by atoms with Crippen molar-refractivity contribution in [1.29, 1.82) is 0 Å². The minimum absolute atomic E-state index is 0.0483. The van der Waals surface area contributed by atoms with E-state index in [1.165, 1.54) is 0 Å². The van der Waals surface area contributed by atoms with E-state index in [0.717, 1.165) is 15.2 Å². The van der Waals surface area contributed by atoms with Crippen molar-refractivity contribution < 1.29 is 19.1 Å². The van der Waals surface area contributed by atoms with E-state index >= 15 is 0 Å². The largest absolute Gasteiger partial charge is 0.485 e. The molecule has 0 spiro atoms. The van der Waals surface area contributed by atoms with Crippen LogP contribution in [-0.4, -0.2) is 84.0 Å². The fourth-order valence-electron chi connectivity index (χ4n) is 4.22. The van der Waals surface area contributed by atoms with E-state index in [1.54, 1.807) is 21.1 Å². The molecular weight excluding hydrogens is 452 g/mol. The van der Waals surface area contributed by atoms with Crippen LogP contribution in [0.2, 0.25) is 0 Å². The lowest BCUT2D eigenvalue weighted by Crippen LogP contribution is -2.55. The molecule has 0 aliphatic carbocycles. The summed E-state index contributed by atoms with van der Waals surface area (Å²) in [5.74, 6) is 1.25. The molecule has 2 aliphatic rings. The molecule has 1 aromatic heterocycles. The minimum atomic E-state index is -0.635. The van der Waals surface area contributed by atoms with Crippen molar-refractivity contribution in [1.82, 2.24) is 19.7 Å². The van der Waals surface area contributed by atoms with Crippen molar-refractivity contribution in [3.05, 3.63) is 53.5 Å². The second-order valence-corrected chi connectivity index (χ2v) is 9.73. The van der Waals surface area contributed by atoms with Gasteiger partial charge in [-0.1, -0.05) is 24.3 Å². The van der Waals surface area contributed by atoms with Crippen molar-refractivity contribution in [2.75, 3.05) is 46.4 Å². The van der Waals surface area contributed by atoms with Crippen LogP contribution in [0.3, 0.4) is 0 Å². The van der Waals surface area contributed by atoms with E-state index in [-0.39, 0.29) is 24.5 Å². The molecule has 9 heteroatoms. The molecule has 0 N–H and O–H groups in total. The first-order valence-electron chi connectivity index (χ1n) is 11.5. The normalized spacial score (nSPS) is 19.1. The Labute approximate surface area is 202 Å². The SMILES string of the molecule is C[C@@H](c1nc2ccccc2s1)N(C)C(=O)CN1CCN(C(=O)[C@@H]2COc3ccccc3O2)CC1. The number of rotatable bonds is 5. The first-order chi connectivity index (χ1) is 16.5. The third-order valence-corrected chi connectivity index (χ3v) is 7.68. The zero-order chi connectivity index (χ0) is 23.7. The van der Waals surface area contributed by atoms with Crippen LogP contribution >= 0.6 is 11.3 Å². The standard InChI is InChI=1S/C25H28N4O4S/c1-17(24-26-18-7-3-6-10-22(18)34-24)27(2)23(30)15-28-11-13-29(14-12-28)25(31)21-16-32-19-8-4-5-9-20(19)33-21/h3-10,17,21H,11-16H2,1-2H3/t17-,21-/m0/s1. The number of hydrogen-bond acceptors (Lipinski definition) is 7. The number of fused-ring (bicyclic) bond motifs is 2. The van der Waals surface area contributed by atoms with E-state index < -0.39 is 6.10 Å². The average Bonchev–Trinajstić information content (AvgIpc) is 3.32. The van der Waals surface area contributed by atoms with Crippen molar-refractivity contribution in [2.24, 2.45) is 0 Å². The van der Waals surface area contributed by atoms with Gasteiger partial charge in [-0.2, -0.15) is 0 Å². The molecule has 3 heterocycles. The highest BCUT2D eigenvalue weighted by molar-refractivity contribution is 7.18. The van der Waals surface area contributed by atoms with Gasteiger partial charge in [0.1, 0.15) is 11.6 Å². The molecule has 0 saturated carbocycles. The fourth-order valence-corrected chi connectivity index (χ4v) is 5.29. The Kier molecular flexibility index (Phi) is 6.38. The molecule has 2 aliphatic heterocycles. The lowest BCUT2D eigenvalue weighted by atomic mass is 10.2. The molecule has 8 nitrogen and oxygen atoms in total. The zero-order valence-corrected chi connectivity index (χ0v) is 20.2. The number of likely N-dealkylation sites (N-methyl/N-ethyl adjacent to an activating group) is 1. The van der Waals surface area contributed by atoms with Gasteiger partial charge in [0.2, 0.25) is 12.0 Å². The molecule has 1 saturated heterocycles. The summed E-state index contributed by atoms with van der Waals surface area (Å²) < 4.78 is 12.7. The topological polar surface area (TPSA) is 75.2 Å². The number of carbonyl (C=O) groups is 2. The van der Waals surface area contributed by atoms with E-state index in [2.05, 4.69) is 11.0 Å². The first kappa shape index (κ1) is 22.6. The Morgan fingerprint density at radius 1 is 1.09 bits per heavy atom. The van der Waals surface area contributed by atoms with Gasteiger partial charge in [-0.25, -0.2) is 4.98 Å². The number of para-hydroxylation sites is 3. The van der Waals surface area contributed by atoms with Gasteiger partial charge in [0.05, 0.1) is 22.8 Å². The number of hydrogen-bond donors (Lipinski definition) is 0. The molecule has 5 rings (SSSR count). The summed E-state index contributed by atoms with van der Waals surface area (Å²) in [4.78, 5) is 36.3. The van der Waals surface area contributed by atoms with Crippen LogP contribution in [-0.2, 0) is 9.59 Å². The van der Waals surface area contributed by atoms with Crippen LogP contribution in [0.15, 0.2) is 48.5 Å². The summed E-state index contributed by atoms with van der Waals surface area (Å²) in [7, 11) is 1.83.